The molecule has 0 saturated carbocycles. The van der Waals surface area contributed by atoms with Gasteiger partial charge >= 0.3 is 0 Å². The molecule has 4 heteroatoms. The fourth-order valence-corrected chi connectivity index (χ4v) is 2.77. The van der Waals surface area contributed by atoms with Crippen molar-refractivity contribution in [2.75, 3.05) is 17.7 Å². The quantitative estimate of drug-likeness (QED) is 0.853. The van der Waals surface area contributed by atoms with E-state index in [-0.39, 0.29) is 0 Å². The molecule has 1 aromatic carbocycles. The van der Waals surface area contributed by atoms with Gasteiger partial charge in [-0.25, -0.2) is 0 Å². The van der Waals surface area contributed by atoms with E-state index in [4.69, 9.17) is 17.3 Å². The Balaban J connectivity index is 2.14. The first-order valence-electron chi connectivity index (χ1n) is 5.38. The van der Waals surface area contributed by atoms with Gasteiger partial charge in [0.1, 0.15) is 0 Å². The summed E-state index contributed by atoms with van der Waals surface area (Å²) in [6.07, 6.45) is 0. The Kier molecular flexibility index (Phi) is 3.60. The molecule has 0 radical (unpaired) electrons. The van der Waals surface area contributed by atoms with Crippen molar-refractivity contribution >= 4 is 34.3 Å². The highest BCUT2D eigenvalue weighted by Crippen LogP contribution is 2.25. The van der Waals surface area contributed by atoms with Gasteiger partial charge in [-0.2, -0.15) is 0 Å². The van der Waals surface area contributed by atoms with Crippen LogP contribution in [0.1, 0.15) is 10.4 Å². The van der Waals surface area contributed by atoms with E-state index in [9.17, 15) is 0 Å². The molecule has 90 valence electrons. The van der Waals surface area contributed by atoms with Crippen molar-refractivity contribution in [1.29, 1.82) is 0 Å². The summed E-state index contributed by atoms with van der Waals surface area (Å²) in [5.41, 5.74) is 8.98. The maximum Gasteiger partial charge on any atom is 0.0931 e. The largest absolute Gasteiger partial charge is 0.398 e. The number of aryl methyl sites for hydroxylation is 1. The van der Waals surface area contributed by atoms with Gasteiger partial charge in [-0.15, -0.1) is 11.3 Å². The van der Waals surface area contributed by atoms with Crippen LogP contribution in [0.25, 0.3) is 0 Å². The average molecular weight is 267 g/mol. The Morgan fingerprint density at radius 3 is 2.65 bits per heavy atom. The van der Waals surface area contributed by atoms with E-state index in [1.165, 1.54) is 4.88 Å². The van der Waals surface area contributed by atoms with E-state index in [0.29, 0.717) is 0 Å². The third-order valence-electron chi connectivity index (χ3n) is 2.73. The van der Waals surface area contributed by atoms with Crippen molar-refractivity contribution < 1.29 is 0 Å². The Hall–Kier alpha value is -1.19. The second kappa shape index (κ2) is 4.98. The fourth-order valence-electron chi connectivity index (χ4n) is 1.63. The molecule has 1 aromatic heterocycles. The van der Waals surface area contributed by atoms with Gasteiger partial charge in [-0.1, -0.05) is 17.7 Å². The topological polar surface area (TPSA) is 29.3 Å². The molecule has 0 fully saturated rings. The molecule has 17 heavy (non-hydrogen) atoms. The summed E-state index contributed by atoms with van der Waals surface area (Å²) in [5, 5.41) is 0. The first kappa shape index (κ1) is 12.3. The maximum absolute atomic E-state index is 5.92. The van der Waals surface area contributed by atoms with Gasteiger partial charge in [0, 0.05) is 23.3 Å². The molecule has 2 nitrogen and oxygen atoms in total. The van der Waals surface area contributed by atoms with Crippen LogP contribution in [0, 0.1) is 6.92 Å². The van der Waals surface area contributed by atoms with Gasteiger partial charge in [0.2, 0.25) is 0 Å². The van der Waals surface area contributed by atoms with E-state index >= 15 is 0 Å². The van der Waals surface area contributed by atoms with Crippen LogP contribution in [0.3, 0.4) is 0 Å². The molecule has 2 rings (SSSR count). The maximum atomic E-state index is 5.92. The first-order chi connectivity index (χ1) is 8.06. The van der Waals surface area contributed by atoms with Crippen LogP contribution in [0.5, 0.6) is 0 Å². The minimum absolute atomic E-state index is 0.830. The average Bonchev–Trinajstić information content (AvgIpc) is 2.68. The van der Waals surface area contributed by atoms with E-state index in [1.54, 1.807) is 11.3 Å². The molecule has 0 spiro atoms. The molecule has 0 unspecified atom stereocenters. The summed E-state index contributed by atoms with van der Waals surface area (Å²) in [6.45, 7) is 2.86. The lowest BCUT2D eigenvalue weighted by atomic mass is 10.2. The van der Waals surface area contributed by atoms with E-state index < -0.39 is 0 Å². The third-order valence-corrected chi connectivity index (χ3v) is 3.94. The molecule has 2 aromatic rings. The SMILES string of the molecule is Cc1ccc(N(C)Cc2ccc(Cl)s2)cc1N. The Morgan fingerprint density at radius 1 is 1.29 bits per heavy atom. The smallest absolute Gasteiger partial charge is 0.0931 e. The number of nitrogen functional groups attached to an aromatic ring is 1. The number of nitrogens with two attached hydrogens (primary N) is 1. The van der Waals surface area contributed by atoms with Crippen molar-refractivity contribution in [3.8, 4) is 0 Å². The fraction of sp³-hybridized carbons (Fsp3) is 0.231. The first-order valence-corrected chi connectivity index (χ1v) is 6.57. The summed E-state index contributed by atoms with van der Waals surface area (Å²) < 4.78 is 0.830. The lowest BCUT2D eigenvalue weighted by Gasteiger charge is -2.19. The number of hydrogen-bond donors (Lipinski definition) is 1. The predicted octanol–water partition coefficient (Wildman–Crippen LogP) is 3.93. The highest BCUT2D eigenvalue weighted by molar-refractivity contribution is 7.16. The van der Waals surface area contributed by atoms with Crippen molar-refractivity contribution in [2.24, 2.45) is 0 Å². The number of anilines is 2. The number of halogens is 1. The Morgan fingerprint density at radius 2 is 2.06 bits per heavy atom. The van der Waals surface area contributed by atoms with Gasteiger partial charge in [0.05, 0.1) is 10.9 Å². The number of hydrogen-bond acceptors (Lipinski definition) is 3. The molecule has 0 aliphatic heterocycles. The summed E-state index contributed by atoms with van der Waals surface area (Å²) in [4.78, 5) is 3.41. The second-order valence-corrected chi connectivity index (χ2v) is 5.90. The molecule has 0 aliphatic rings. The minimum atomic E-state index is 0.830. The zero-order valence-electron chi connectivity index (χ0n) is 9.90. The molecule has 0 atom stereocenters. The zero-order valence-corrected chi connectivity index (χ0v) is 11.5. The highest BCUT2D eigenvalue weighted by Gasteiger charge is 2.05. The summed E-state index contributed by atoms with van der Waals surface area (Å²) in [7, 11) is 2.05. The summed E-state index contributed by atoms with van der Waals surface area (Å²) in [6, 6.07) is 10.1. The summed E-state index contributed by atoms with van der Waals surface area (Å²) >= 11 is 7.53. The monoisotopic (exact) mass is 266 g/mol. The summed E-state index contributed by atoms with van der Waals surface area (Å²) in [5.74, 6) is 0. The molecule has 2 N–H and O–H groups in total. The van der Waals surface area contributed by atoms with Crippen LogP contribution in [0.2, 0.25) is 4.34 Å². The predicted molar refractivity (Wildman–Crippen MR) is 77.0 cm³/mol. The number of nitrogens with zero attached hydrogens (tertiary/aromatic N) is 1. The van der Waals surface area contributed by atoms with E-state index in [0.717, 1.165) is 27.8 Å². The minimum Gasteiger partial charge on any atom is -0.398 e. The van der Waals surface area contributed by atoms with Crippen LogP contribution < -0.4 is 10.6 Å². The van der Waals surface area contributed by atoms with Gasteiger partial charge in [0.15, 0.2) is 0 Å². The normalized spacial score (nSPS) is 10.5. The van der Waals surface area contributed by atoms with E-state index in [1.807, 2.05) is 25.1 Å². The zero-order chi connectivity index (χ0) is 12.4. The number of benzene rings is 1. The third kappa shape index (κ3) is 2.93. The van der Waals surface area contributed by atoms with Crippen molar-refractivity contribution in [2.45, 2.75) is 13.5 Å². The molecule has 0 saturated heterocycles. The van der Waals surface area contributed by atoms with Crippen LogP contribution in [-0.2, 0) is 6.54 Å². The van der Waals surface area contributed by atoms with Crippen LogP contribution in [-0.4, -0.2) is 7.05 Å². The van der Waals surface area contributed by atoms with E-state index in [2.05, 4.69) is 24.1 Å². The van der Waals surface area contributed by atoms with Crippen molar-refractivity contribution in [3.63, 3.8) is 0 Å². The van der Waals surface area contributed by atoms with Gasteiger partial charge in [-0.05, 0) is 36.8 Å². The molecular formula is C13H15ClN2S. The molecule has 0 amide bonds. The number of rotatable bonds is 3. The van der Waals surface area contributed by atoms with Crippen LogP contribution in [0.4, 0.5) is 11.4 Å². The second-order valence-electron chi connectivity index (χ2n) is 4.10. The molecule has 0 aliphatic carbocycles. The van der Waals surface area contributed by atoms with Crippen molar-refractivity contribution in [3.05, 3.63) is 45.1 Å². The Bertz CT molecular complexity index is 522. The van der Waals surface area contributed by atoms with Gasteiger partial charge in [-0.3, -0.25) is 0 Å². The Labute approximate surface area is 111 Å². The van der Waals surface area contributed by atoms with Gasteiger partial charge in [0.25, 0.3) is 0 Å². The van der Waals surface area contributed by atoms with Crippen LogP contribution in [0.15, 0.2) is 30.3 Å². The number of thiophene rings is 1. The standard InChI is InChI=1S/C13H15ClN2S/c1-9-3-4-10(7-12(9)15)16(2)8-11-5-6-13(14)17-11/h3-7H,8,15H2,1-2H3. The van der Waals surface area contributed by atoms with Gasteiger partial charge < -0.3 is 10.6 Å². The lowest BCUT2D eigenvalue weighted by molar-refractivity contribution is 0.940. The molecule has 0 bridgehead atoms. The van der Waals surface area contributed by atoms with Crippen molar-refractivity contribution in [1.82, 2.24) is 0 Å². The molecule has 1 heterocycles. The highest BCUT2D eigenvalue weighted by atomic mass is 35.5. The molecular weight excluding hydrogens is 252 g/mol. The lowest BCUT2D eigenvalue weighted by Crippen LogP contribution is -2.15. The van der Waals surface area contributed by atoms with Crippen LogP contribution >= 0.6 is 22.9 Å².